The van der Waals surface area contributed by atoms with Crippen LogP contribution in [-0.2, 0) is 9.53 Å². The Morgan fingerprint density at radius 3 is 2.53 bits per heavy atom. The van der Waals surface area contributed by atoms with E-state index >= 15 is 0 Å². The molecule has 0 aromatic rings. The summed E-state index contributed by atoms with van der Waals surface area (Å²) in [6.45, 7) is 7.40. The van der Waals surface area contributed by atoms with Crippen LogP contribution in [0.25, 0.3) is 0 Å². The molecule has 2 atom stereocenters. The van der Waals surface area contributed by atoms with E-state index in [0.717, 1.165) is 13.0 Å². The number of rotatable bonds is 2. The van der Waals surface area contributed by atoms with Gasteiger partial charge in [-0.05, 0) is 11.8 Å². The highest BCUT2D eigenvalue weighted by Crippen LogP contribution is 2.21. The van der Waals surface area contributed by atoms with Crippen LogP contribution in [0.15, 0.2) is 0 Å². The molecule has 0 bridgehead atoms. The van der Waals surface area contributed by atoms with Gasteiger partial charge in [-0.25, -0.2) is 0 Å². The lowest BCUT2D eigenvalue weighted by Crippen LogP contribution is -2.49. The van der Waals surface area contributed by atoms with E-state index in [4.69, 9.17) is 10.5 Å². The van der Waals surface area contributed by atoms with Crippen LogP contribution < -0.4 is 5.73 Å². The van der Waals surface area contributed by atoms with E-state index in [1.165, 1.54) is 0 Å². The van der Waals surface area contributed by atoms with Crippen LogP contribution in [0.4, 0.5) is 0 Å². The monoisotopic (exact) mass is 214 g/mol. The van der Waals surface area contributed by atoms with E-state index in [-0.39, 0.29) is 17.4 Å². The van der Waals surface area contributed by atoms with Gasteiger partial charge >= 0.3 is 0 Å². The molecule has 2 N–H and O–H groups in total. The molecule has 1 saturated heterocycles. The Morgan fingerprint density at radius 1 is 1.53 bits per heavy atom. The van der Waals surface area contributed by atoms with Crippen molar-refractivity contribution in [1.82, 2.24) is 4.90 Å². The van der Waals surface area contributed by atoms with Gasteiger partial charge in [-0.2, -0.15) is 0 Å². The van der Waals surface area contributed by atoms with Gasteiger partial charge in [0.15, 0.2) is 0 Å². The summed E-state index contributed by atoms with van der Waals surface area (Å²) in [5.41, 5.74) is 5.75. The van der Waals surface area contributed by atoms with Gasteiger partial charge in [0.25, 0.3) is 0 Å². The molecule has 0 aliphatic carbocycles. The Morgan fingerprint density at radius 2 is 2.13 bits per heavy atom. The highest BCUT2D eigenvalue weighted by atomic mass is 16.5. The normalized spacial score (nSPS) is 24.3. The van der Waals surface area contributed by atoms with Crippen LogP contribution >= 0.6 is 0 Å². The summed E-state index contributed by atoms with van der Waals surface area (Å²) in [4.78, 5) is 13.8. The predicted octanol–water partition coefficient (Wildman–Crippen LogP) is 0.607. The topological polar surface area (TPSA) is 55.6 Å². The third kappa shape index (κ3) is 2.92. The maximum Gasteiger partial charge on any atom is 0.240 e. The first-order chi connectivity index (χ1) is 6.86. The molecule has 15 heavy (non-hydrogen) atoms. The molecule has 4 heteroatoms. The molecule has 1 rings (SSSR count). The maximum absolute atomic E-state index is 12.0. The first kappa shape index (κ1) is 12.5. The summed E-state index contributed by atoms with van der Waals surface area (Å²) < 4.78 is 5.22. The smallest absolute Gasteiger partial charge is 0.240 e. The lowest BCUT2D eigenvalue weighted by atomic mass is 9.86. The van der Waals surface area contributed by atoms with Crippen molar-refractivity contribution in [3.8, 4) is 0 Å². The van der Waals surface area contributed by atoms with Crippen molar-refractivity contribution in [2.75, 3.05) is 20.2 Å². The number of ether oxygens (including phenoxy) is 1. The standard InChI is InChI=1S/C11H22N2O2/c1-11(2,3)9(12)10(14)13-6-5-8(7-13)15-4/h8-9H,5-7,12H2,1-4H3. The van der Waals surface area contributed by atoms with Crippen molar-refractivity contribution < 1.29 is 9.53 Å². The minimum absolute atomic E-state index is 0.0436. The second kappa shape index (κ2) is 4.49. The second-order valence-electron chi connectivity index (χ2n) is 5.27. The summed E-state index contributed by atoms with van der Waals surface area (Å²) in [5, 5.41) is 0. The molecule has 4 nitrogen and oxygen atoms in total. The van der Waals surface area contributed by atoms with E-state index in [9.17, 15) is 4.79 Å². The number of nitrogens with zero attached hydrogens (tertiary/aromatic N) is 1. The lowest BCUT2D eigenvalue weighted by molar-refractivity contribution is -0.134. The van der Waals surface area contributed by atoms with Crippen LogP contribution in [0.1, 0.15) is 27.2 Å². The molecule has 0 aromatic carbocycles. The summed E-state index contributed by atoms with van der Waals surface area (Å²) >= 11 is 0. The number of likely N-dealkylation sites (tertiary alicyclic amines) is 1. The fourth-order valence-corrected chi connectivity index (χ4v) is 1.69. The molecule has 1 heterocycles. The Bertz CT molecular complexity index is 235. The number of hydrogen-bond donors (Lipinski definition) is 1. The van der Waals surface area contributed by atoms with Gasteiger partial charge in [0.1, 0.15) is 0 Å². The molecule has 2 unspecified atom stereocenters. The van der Waals surface area contributed by atoms with Gasteiger partial charge in [-0.3, -0.25) is 4.79 Å². The zero-order valence-electron chi connectivity index (χ0n) is 10.1. The maximum atomic E-state index is 12.0. The average Bonchev–Trinajstić information content (AvgIpc) is 2.62. The van der Waals surface area contributed by atoms with E-state index in [1.54, 1.807) is 7.11 Å². The van der Waals surface area contributed by atoms with Gasteiger partial charge in [-0.15, -0.1) is 0 Å². The van der Waals surface area contributed by atoms with E-state index < -0.39 is 6.04 Å². The quantitative estimate of drug-likeness (QED) is 0.732. The molecule has 1 fully saturated rings. The Hall–Kier alpha value is -0.610. The van der Waals surface area contributed by atoms with E-state index in [0.29, 0.717) is 6.54 Å². The number of nitrogens with two attached hydrogens (primary N) is 1. The summed E-state index contributed by atoms with van der Waals surface area (Å²) in [6, 6.07) is -0.423. The molecule has 0 aromatic heterocycles. The molecule has 88 valence electrons. The highest BCUT2D eigenvalue weighted by molar-refractivity contribution is 5.82. The van der Waals surface area contributed by atoms with Crippen LogP contribution in [0.5, 0.6) is 0 Å². The number of carbonyl (C=O) groups is 1. The van der Waals surface area contributed by atoms with Crippen LogP contribution in [0.2, 0.25) is 0 Å². The van der Waals surface area contributed by atoms with Crippen molar-refractivity contribution in [2.24, 2.45) is 11.1 Å². The SMILES string of the molecule is COC1CCN(C(=O)C(N)C(C)(C)C)C1. The minimum atomic E-state index is -0.423. The first-order valence-electron chi connectivity index (χ1n) is 5.43. The molecule has 0 radical (unpaired) electrons. The Balaban J connectivity index is 2.55. The Labute approximate surface area is 91.8 Å². The first-order valence-corrected chi connectivity index (χ1v) is 5.43. The molecule has 0 saturated carbocycles. The largest absolute Gasteiger partial charge is 0.380 e. The molecule has 1 aliphatic rings. The summed E-state index contributed by atoms with van der Waals surface area (Å²) in [6.07, 6.45) is 1.10. The van der Waals surface area contributed by atoms with Crippen molar-refractivity contribution in [3.63, 3.8) is 0 Å². The van der Waals surface area contributed by atoms with Gasteiger partial charge in [0.05, 0.1) is 12.1 Å². The second-order valence-corrected chi connectivity index (χ2v) is 5.27. The third-order valence-electron chi connectivity index (χ3n) is 2.99. The molecule has 1 aliphatic heterocycles. The van der Waals surface area contributed by atoms with Crippen molar-refractivity contribution in [2.45, 2.75) is 39.3 Å². The van der Waals surface area contributed by atoms with Crippen LogP contribution in [0, 0.1) is 5.41 Å². The summed E-state index contributed by atoms with van der Waals surface area (Å²) in [7, 11) is 1.68. The summed E-state index contributed by atoms with van der Waals surface area (Å²) in [5.74, 6) is 0.0436. The number of methoxy groups -OCH3 is 1. The van der Waals surface area contributed by atoms with Crippen molar-refractivity contribution in [3.05, 3.63) is 0 Å². The van der Waals surface area contributed by atoms with Crippen LogP contribution in [-0.4, -0.2) is 43.2 Å². The molecule has 1 amide bonds. The number of amides is 1. The Kier molecular flexibility index (Phi) is 3.73. The zero-order chi connectivity index (χ0) is 11.6. The van der Waals surface area contributed by atoms with Crippen molar-refractivity contribution >= 4 is 5.91 Å². The van der Waals surface area contributed by atoms with E-state index in [1.807, 2.05) is 25.7 Å². The average molecular weight is 214 g/mol. The zero-order valence-corrected chi connectivity index (χ0v) is 10.1. The predicted molar refractivity (Wildman–Crippen MR) is 59.4 cm³/mol. The molecular formula is C11H22N2O2. The lowest BCUT2D eigenvalue weighted by Gasteiger charge is -2.29. The number of carbonyl (C=O) groups excluding carboxylic acids is 1. The highest BCUT2D eigenvalue weighted by Gasteiger charge is 2.34. The minimum Gasteiger partial charge on any atom is -0.380 e. The fraction of sp³-hybridized carbons (Fsp3) is 0.909. The van der Waals surface area contributed by atoms with Gasteiger partial charge in [0, 0.05) is 20.2 Å². The number of hydrogen-bond acceptors (Lipinski definition) is 3. The molecule has 0 spiro atoms. The van der Waals surface area contributed by atoms with E-state index in [2.05, 4.69) is 0 Å². The van der Waals surface area contributed by atoms with Crippen LogP contribution in [0.3, 0.4) is 0 Å². The molecular weight excluding hydrogens is 192 g/mol. The van der Waals surface area contributed by atoms with Gasteiger partial charge in [0.2, 0.25) is 5.91 Å². The third-order valence-corrected chi connectivity index (χ3v) is 2.99. The van der Waals surface area contributed by atoms with Gasteiger partial charge < -0.3 is 15.4 Å². The van der Waals surface area contributed by atoms with Crippen molar-refractivity contribution in [1.29, 1.82) is 0 Å². The van der Waals surface area contributed by atoms with Gasteiger partial charge in [-0.1, -0.05) is 20.8 Å². The fourth-order valence-electron chi connectivity index (χ4n) is 1.69.